The molecule has 0 aromatic heterocycles. The SMILES string of the molecule is COc1ccc2c(c1)OC[C@@H](c1ccc(C(F)(F)F)cc1)[C@H]2c1ccc(OCCN2CCCCC2)cc1. The summed E-state index contributed by atoms with van der Waals surface area (Å²) in [6.45, 7) is 4.20. The normalized spacial score (nSPS) is 20.1. The molecule has 3 aromatic rings. The van der Waals surface area contributed by atoms with Crippen molar-refractivity contribution in [3.05, 3.63) is 89.0 Å². The molecule has 1 fully saturated rings. The van der Waals surface area contributed by atoms with Crippen LogP contribution in [0.1, 0.15) is 53.4 Å². The molecular formula is C30H32F3NO3. The second-order valence-electron chi connectivity index (χ2n) is 9.74. The number of fused-ring (bicyclic) bond motifs is 1. The van der Waals surface area contributed by atoms with Crippen molar-refractivity contribution in [1.82, 2.24) is 4.90 Å². The van der Waals surface area contributed by atoms with Crippen LogP contribution in [0.5, 0.6) is 17.2 Å². The molecule has 2 atom stereocenters. The van der Waals surface area contributed by atoms with Gasteiger partial charge >= 0.3 is 6.18 Å². The molecule has 0 amide bonds. The van der Waals surface area contributed by atoms with Crippen LogP contribution in [0.2, 0.25) is 0 Å². The molecule has 2 aliphatic heterocycles. The van der Waals surface area contributed by atoms with E-state index in [0.717, 1.165) is 60.0 Å². The Bertz CT molecular complexity index is 1170. The molecule has 0 radical (unpaired) electrons. The molecule has 0 bridgehead atoms. The molecule has 0 unspecified atom stereocenters. The fourth-order valence-corrected chi connectivity index (χ4v) is 5.38. The molecule has 0 N–H and O–H groups in total. The first-order valence-electron chi connectivity index (χ1n) is 12.9. The zero-order valence-electron chi connectivity index (χ0n) is 21.0. The third-order valence-corrected chi connectivity index (χ3v) is 7.41. The van der Waals surface area contributed by atoms with Crippen molar-refractivity contribution >= 4 is 0 Å². The van der Waals surface area contributed by atoms with E-state index in [-0.39, 0.29) is 11.8 Å². The smallest absolute Gasteiger partial charge is 0.416 e. The summed E-state index contributed by atoms with van der Waals surface area (Å²) in [5.74, 6) is 2.01. The Morgan fingerprint density at radius 3 is 2.22 bits per heavy atom. The predicted molar refractivity (Wildman–Crippen MR) is 137 cm³/mol. The Labute approximate surface area is 216 Å². The lowest BCUT2D eigenvalue weighted by atomic mass is 9.75. The van der Waals surface area contributed by atoms with Gasteiger partial charge < -0.3 is 14.2 Å². The van der Waals surface area contributed by atoms with Crippen LogP contribution >= 0.6 is 0 Å². The Hall–Kier alpha value is -3.19. The third kappa shape index (κ3) is 5.87. The van der Waals surface area contributed by atoms with E-state index in [2.05, 4.69) is 17.0 Å². The highest BCUT2D eigenvalue weighted by atomic mass is 19.4. The fraction of sp³-hybridized carbons (Fsp3) is 0.400. The van der Waals surface area contributed by atoms with Gasteiger partial charge in [0.05, 0.1) is 19.3 Å². The molecule has 196 valence electrons. The van der Waals surface area contributed by atoms with Crippen molar-refractivity contribution in [2.24, 2.45) is 0 Å². The summed E-state index contributed by atoms with van der Waals surface area (Å²) in [6, 6.07) is 19.2. The summed E-state index contributed by atoms with van der Waals surface area (Å²) in [4.78, 5) is 2.44. The highest BCUT2D eigenvalue weighted by molar-refractivity contribution is 5.51. The van der Waals surface area contributed by atoms with Crippen LogP contribution in [0.3, 0.4) is 0 Å². The number of alkyl halides is 3. The van der Waals surface area contributed by atoms with E-state index in [1.54, 1.807) is 19.2 Å². The second kappa shape index (κ2) is 11.1. The monoisotopic (exact) mass is 511 g/mol. The van der Waals surface area contributed by atoms with Crippen molar-refractivity contribution < 1.29 is 27.4 Å². The molecule has 1 saturated heterocycles. The number of likely N-dealkylation sites (tertiary alicyclic amines) is 1. The number of rotatable bonds is 7. The van der Waals surface area contributed by atoms with Gasteiger partial charge in [-0.2, -0.15) is 13.2 Å². The molecule has 0 spiro atoms. The first kappa shape index (κ1) is 25.5. The Kier molecular flexibility index (Phi) is 7.60. The minimum absolute atomic E-state index is 0.0891. The fourth-order valence-electron chi connectivity index (χ4n) is 5.38. The molecule has 7 heteroatoms. The van der Waals surface area contributed by atoms with Crippen LogP contribution in [-0.2, 0) is 6.18 Å². The van der Waals surface area contributed by atoms with Crippen molar-refractivity contribution in [2.45, 2.75) is 37.3 Å². The molecular weight excluding hydrogens is 479 g/mol. The summed E-state index contributed by atoms with van der Waals surface area (Å²) >= 11 is 0. The van der Waals surface area contributed by atoms with Crippen molar-refractivity contribution in [3.63, 3.8) is 0 Å². The summed E-state index contributed by atoms with van der Waals surface area (Å²) in [6.07, 6.45) is -0.539. The van der Waals surface area contributed by atoms with Crippen LogP contribution < -0.4 is 14.2 Å². The predicted octanol–water partition coefficient (Wildman–Crippen LogP) is 6.89. The molecule has 0 aliphatic carbocycles. The summed E-state index contributed by atoms with van der Waals surface area (Å²) in [7, 11) is 1.61. The van der Waals surface area contributed by atoms with Crippen LogP contribution in [0.4, 0.5) is 13.2 Å². The summed E-state index contributed by atoms with van der Waals surface area (Å²) in [5.41, 5.74) is 2.20. The first-order chi connectivity index (χ1) is 17.9. The van der Waals surface area contributed by atoms with Gasteiger partial charge in [0.15, 0.2) is 0 Å². The minimum atomic E-state index is -4.37. The van der Waals surface area contributed by atoms with Crippen LogP contribution in [0.15, 0.2) is 66.7 Å². The quantitative estimate of drug-likeness (QED) is 0.346. The Balaban J connectivity index is 1.38. The van der Waals surface area contributed by atoms with E-state index in [1.807, 2.05) is 30.3 Å². The maximum absolute atomic E-state index is 13.2. The van der Waals surface area contributed by atoms with E-state index in [9.17, 15) is 13.2 Å². The van der Waals surface area contributed by atoms with Crippen molar-refractivity contribution in [1.29, 1.82) is 0 Å². The minimum Gasteiger partial charge on any atom is -0.497 e. The summed E-state index contributed by atoms with van der Waals surface area (Å²) < 4.78 is 56.9. The molecule has 37 heavy (non-hydrogen) atoms. The lowest BCUT2D eigenvalue weighted by Gasteiger charge is -2.35. The lowest BCUT2D eigenvalue weighted by Crippen LogP contribution is -2.33. The lowest BCUT2D eigenvalue weighted by molar-refractivity contribution is -0.137. The van der Waals surface area contributed by atoms with Crippen molar-refractivity contribution in [3.8, 4) is 17.2 Å². The van der Waals surface area contributed by atoms with Gasteiger partial charge in [-0.1, -0.05) is 36.8 Å². The van der Waals surface area contributed by atoms with E-state index >= 15 is 0 Å². The zero-order valence-corrected chi connectivity index (χ0v) is 21.0. The van der Waals surface area contributed by atoms with E-state index in [1.165, 1.54) is 19.3 Å². The van der Waals surface area contributed by atoms with Gasteiger partial charge in [0.2, 0.25) is 0 Å². The number of hydrogen-bond acceptors (Lipinski definition) is 4. The van der Waals surface area contributed by atoms with Gasteiger partial charge in [-0.15, -0.1) is 0 Å². The first-order valence-corrected chi connectivity index (χ1v) is 12.9. The number of ether oxygens (including phenoxy) is 3. The van der Waals surface area contributed by atoms with Gasteiger partial charge in [-0.25, -0.2) is 0 Å². The van der Waals surface area contributed by atoms with E-state index in [0.29, 0.717) is 19.0 Å². The average molecular weight is 512 g/mol. The number of hydrogen-bond donors (Lipinski definition) is 0. The third-order valence-electron chi connectivity index (χ3n) is 7.41. The topological polar surface area (TPSA) is 30.9 Å². The number of nitrogens with zero attached hydrogens (tertiary/aromatic N) is 1. The number of methoxy groups -OCH3 is 1. The van der Waals surface area contributed by atoms with Gasteiger partial charge in [0, 0.05) is 30.0 Å². The van der Waals surface area contributed by atoms with Gasteiger partial charge in [-0.05, 0) is 67.4 Å². The van der Waals surface area contributed by atoms with E-state index < -0.39 is 11.7 Å². The van der Waals surface area contributed by atoms with Crippen LogP contribution in [-0.4, -0.2) is 44.9 Å². The highest BCUT2D eigenvalue weighted by Crippen LogP contribution is 2.47. The molecule has 2 aliphatic rings. The van der Waals surface area contributed by atoms with Crippen LogP contribution in [0.25, 0.3) is 0 Å². The second-order valence-corrected chi connectivity index (χ2v) is 9.74. The number of halogens is 3. The largest absolute Gasteiger partial charge is 0.497 e. The molecule has 4 nitrogen and oxygen atoms in total. The maximum Gasteiger partial charge on any atom is 0.416 e. The zero-order chi connectivity index (χ0) is 25.8. The van der Waals surface area contributed by atoms with E-state index in [4.69, 9.17) is 14.2 Å². The van der Waals surface area contributed by atoms with Gasteiger partial charge in [0.25, 0.3) is 0 Å². The molecule has 0 saturated carbocycles. The molecule has 5 rings (SSSR count). The standard InChI is InChI=1S/C30H32F3NO3/c1-35-25-13-14-26-28(19-25)37-20-27(21-5-9-23(10-6-21)30(31,32)33)29(26)22-7-11-24(12-8-22)36-18-17-34-15-3-2-4-16-34/h5-14,19,27,29H,2-4,15-18,20H2,1H3/t27-,29-/m0/s1. The molecule has 2 heterocycles. The Morgan fingerprint density at radius 1 is 0.865 bits per heavy atom. The number of benzene rings is 3. The van der Waals surface area contributed by atoms with Crippen LogP contribution in [0, 0.1) is 0 Å². The number of piperidine rings is 1. The Morgan fingerprint density at radius 2 is 1.54 bits per heavy atom. The summed E-state index contributed by atoms with van der Waals surface area (Å²) in [5, 5.41) is 0. The highest BCUT2D eigenvalue weighted by Gasteiger charge is 2.35. The van der Waals surface area contributed by atoms with Gasteiger partial charge in [-0.3, -0.25) is 4.90 Å². The maximum atomic E-state index is 13.2. The van der Waals surface area contributed by atoms with Gasteiger partial charge in [0.1, 0.15) is 23.9 Å². The average Bonchev–Trinajstić information content (AvgIpc) is 2.93. The van der Waals surface area contributed by atoms with Crippen molar-refractivity contribution in [2.75, 3.05) is 40.0 Å². The molecule has 3 aromatic carbocycles.